The van der Waals surface area contributed by atoms with Crippen LogP contribution < -0.4 is 20.9 Å². The quantitative estimate of drug-likeness (QED) is 0.507. The first-order valence-electron chi connectivity index (χ1n) is 11.6. The van der Waals surface area contributed by atoms with Crippen LogP contribution in [0.3, 0.4) is 0 Å². The third-order valence-electron chi connectivity index (χ3n) is 6.24. The van der Waals surface area contributed by atoms with Gasteiger partial charge in [-0.1, -0.05) is 0 Å². The normalized spacial score (nSPS) is 17.5. The molecule has 5 rings (SSSR count). The lowest BCUT2D eigenvalue weighted by Gasteiger charge is -2.29. The van der Waals surface area contributed by atoms with E-state index in [1.54, 1.807) is 18.3 Å². The minimum Gasteiger partial charge on any atom is -0.378 e. The number of morpholine rings is 1. The Kier molecular flexibility index (Phi) is 6.48. The number of piperidine rings is 1. The summed E-state index contributed by atoms with van der Waals surface area (Å²) in [5.74, 6) is -0.124. The summed E-state index contributed by atoms with van der Waals surface area (Å²) in [6, 6.07) is 5.94. The number of fused-ring (bicyclic) bond motifs is 1. The highest BCUT2D eigenvalue weighted by molar-refractivity contribution is 6.08. The maximum atomic E-state index is 13.9. The van der Waals surface area contributed by atoms with Crippen LogP contribution in [0.4, 0.5) is 30.4 Å². The molecule has 12 heteroatoms. The molecule has 0 atom stereocenters. The van der Waals surface area contributed by atoms with E-state index in [9.17, 15) is 18.0 Å². The van der Waals surface area contributed by atoms with Crippen molar-refractivity contribution >= 4 is 28.7 Å². The molecule has 2 aliphatic rings. The number of amides is 1. The topological polar surface area (TPSA) is 95.8 Å². The number of nitrogens with zero attached hydrogens (tertiary/aromatic N) is 4. The second-order valence-electron chi connectivity index (χ2n) is 8.59. The molecule has 35 heavy (non-hydrogen) atoms. The molecule has 9 nitrogen and oxygen atoms in total. The molecule has 3 N–H and O–H groups in total. The van der Waals surface area contributed by atoms with Gasteiger partial charge in [-0.3, -0.25) is 4.79 Å². The van der Waals surface area contributed by atoms with Gasteiger partial charge in [0, 0.05) is 31.0 Å². The molecule has 0 spiro atoms. The van der Waals surface area contributed by atoms with Crippen LogP contribution in [0.25, 0.3) is 5.65 Å². The lowest BCUT2D eigenvalue weighted by atomic mass is 10.1. The van der Waals surface area contributed by atoms with Crippen molar-refractivity contribution in [2.45, 2.75) is 25.1 Å². The molecular formula is C23H26F3N7O2. The van der Waals surface area contributed by atoms with Crippen LogP contribution in [0.1, 0.15) is 28.8 Å². The third kappa shape index (κ3) is 5.17. The van der Waals surface area contributed by atoms with E-state index in [2.05, 4.69) is 26.0 Å². The van der Waals surface area contributed by atoms with Gasteiger partial charge in [-0.25, -0.2) is 9.50 Å². The van der Waals surface area contributed by atoms with Crippen molar-refractivity contribution in [2.24, 2.45) is 0 Å². The second-order valence-corrected chi connectivity index (χ2v) is 8.59. The Bertz CT molecular complexity index is 1200. The summed E-state index contributed by atoms with van der Waals surface area (Å²) in [5, 5.41) is 13.2. The molecule has 1 amide bonds. The van der Waals surface area contributed by atoms with E-state index >= 15 is 0 Å². The Morgan fingerprint density at radius 3 is 2.66 bits per heavy atom. The van der Waals surface area contributed by atoms with Crippen LogP contribution in [0.5, 0.6) is 0 Å². The van der Waals surface area contributed by atoms with Crippen LogP contribution in [0.2, 0.25) is 0 Å². The van der Waals surface area contributed by atoms with Gasteiger partial charge in [0.25, 0.3) is 5.91 Å². The fraction of sp³-hybridized carbons (Fsp3) is 0.435. The van der Waals surface area contributed by atoms with Crippen molar-refractivity contribution in [1.29, 1.82) is 0 Å². The molecule has 0 aliphatic carbocycles. The monoisotopic (exact) mass is 489 g/mol. The van der Waals surface area contributed by atoms with Crippen LogP contribution in [-0.4, -0.2) is 65.9 Å². The number of halogens is 3. The van der Waals surface area contributed by atoms with Crippen molar-refractivity contribution in [2.75, 3.05) is 54.9 Å². The van der Waals surface area contributed by atoms with Gasteiger partial charge in [0.05, 0.1) is 30.7 Å². The van der Waals surface area contributed by atoms with Gasteiger partial charge < -0.3 is 25.6 Å². The first-order chi connectivity index (χ1) is 16.9. The largest absolute Gasteiger partial charge is 0.418 e. The zero-order valence-electron chi connectivity index (χ0n) is 18.9. The third-order valence-corrected chi connectivity index (χ3v) is 6.24. The molecular weight excluding hydrogens is 463 g/mol. The van der Waals surface area contributed by atoms with Gasteiger partial charge in [0.1, 0.15) is 11.4 Å². The number of rotatable bonds is 5. The number of nitrogens with one attached hydrogen (secondary N) is 3. The fourth-order valence-electron chi connectivity index (χ4n) is 4.37. The Hall–Kier alpha value is -3.38. The minimum absolute atomic E-state index is 0.0874. The molecule has 2 aliphatic heterocycles. The fourth-order valence-corrected chi connectivity index (χ4v) is 4.37. The van der Waals surface area contributed by atoms with E-state index < -0.39 is 17.6 Å². The number of benzene rings is 1. The zero-order chi connectivity index (χ0) is 24.4. The number of aromatic nitrogens is 3. The van der Waals surface area contributed by atoms with E-state index in [1.165, 1.54) is 16.8 Å². The van der Waals surface area contributed by atoms with Crippen LogP contribution in [0.15, 0.2) is 36.7 Å². The maximum absolute atomic E-state index is 13.9. The van der Waals surface area contributed by atoms with E-state index in [4.69, 9.17) is 4.74 Å². The SMILES string of the molecule is O=C(Nc1ccc(N2CCOCC2)cc1C(F)(F)F)c1cnn2ccc(NC3CCNCC3)nc12. The van der Waals surface area contributed by atoms with Crippen LogP contribution in [0, 0.1) is 0 Å². The van der Waals surface area contributed by atoms with Crippen molar-refractivity contribution in [3.8, 4) is 0 Å². The molecule has 3 aromatic rings. The molecule has 2 fully saturated rings. The Morgan fingerprint density at radius 1 is 1.14 bits per heavy atom. The van der Waals surface area contributed by atoms with Gasteiger partial charge in [-0.05, 0) is 50.2 Å². The molecule has 4 heterocycles. The molecule has 0 unspecified atom stereocenters. The molecule has 2 saturated heterocycles. The standard InChI is InChI=1S/C23H26F3N7O2/c24-23(25,26)18-13-16(32-9-11-35-12-10-32)1-2-19(18)30-22(34)17-14-28-33-8-5-20(31-21(17)33)29-15-3-6-27-7-4-15/h1-2,5,8,13-15,27H,3-4,6-7,9-12H2,(H,29,31)(H,30,34). The number of hydrogen-bond acceptors (Lipinski definition) is 7. The lowest BCUT2D eigenvalue weighted by molar-refractivity contribution is -0.136. The van der Waals surface area contributed by atoms with Gasteiger partial charge in [-0.2, -0.15) is 18.3 Å². The van der Waals surface area contributed by atoms with Crippen molar-refractivity contribution in [1.82, 2.24) is 19.9 Å². The first-order valence-corrected chi connectivity index (χ1v) is 11.6. The summed E-state index contributed by atoms with van der Waals surface area (Å²) in [6.07, 6.45) is 0.221. The zero-order valence-corrected chi connectivity index (χ0v) is 18.9. The molecule has 0 saturated carbocycles. The Morgan fingerprint density at radius 2 is 1.91 bits per heavy atom. The minimum atomic E-state index is -4.64. The summed E-state index contributed by atoms with van der Waals surface area (Å²) in [7, 11) is 0. The average molecular weight is 490 g/mol. The molecule has 2 aromatic heterocycles. The van der Waals surface area contributed by atoms with Crippen molar-refractivity contribution in [3.63, 3.8) is 0 Å². The Balaban J connectivity index is 1.39. The number of alkyl halides is 3. The number of anilines is 3. The highest BCUT2D eigenvalue weighted by Crippen LogP contribution is 2.37. The maximum Gasteiger partial charge on any atom is 0.418 e. The number of hydrogen-bond donors (Lipinski definition) is 3. The molecule has 186 valence electrons. The summed E-state index contributed by atoms with van der Waals surface area (Å²) < 4.78 is 48.3. The van der Waals surface area contributed by atoms with E-state index in [1.807, 2.05) is 4.90 Å². The summed E-state index contributed by atoms with van der Waals surface area (Å²) >= 11 is 0. The van der Waals surface area contributed by atoms with Crippen LogP contribution >= 0.6 is 0 Å². The molecule has 1 aromatic carbocycles. The predicted octanol–water partition coefficient (Wildman–Crippen LogP) is 3.00. The lowest BCUT2D eigenvalue weighted by Crippen LogP contribution is -2.36. The predicted molar refractivity (Wildman–Crippen MR) is 125 cm³/mol. The molecule has 0 bridgehead atoms. The molecule has 0 radical (unpaired) electrons. The second kappa shape index (κ2) is 9.70. The van der Waals surface area contributed by atoms with E-state index in [0.717, 1.165) is 32.0 Å². The van der Waals surface area contributed by atoms with E-state index in [0.29, 0.717) is 37.8 Å². The van der Waals surface area contributed by atoms with Gasteiger partial charge in [0.15, 0.2) is 5.65 Å². The smallest absolute Gasteiger partial charge is 0.378 e. The summed E-state index contributed by atoms with van der Waals surface area (Å²) in [5.41, 5.74) is -0.440. The van der Waals surface area contributed by atoms with Crippen molar-refractivity contribution < 1.29 is 22.7 Å². The number of carbonyl (C=O) groups excluding carboxylic acids is 1. The van der Waals surface area contributed by atoms with Crippen molar-refractivity contribution in [3.05, 3.63) is 47.8 Å². The summed E-state index contributed by atoms with van der Waals surface area (Å²) in [6.45, 7) is 3.74. The highest BCUT2D eigenvalue weighted by Gasteiger charge is 2.35. The number of carbonyl (C=O) groups is 1. The summed E-state index contributed by atoms with van der Waals surface area (Å²) in [4.78, 5) is 19.4. The van der Waals surface area contributed by atoms with Gasteiger partial charge in [0.2, 0.25) is 0 Å². The van der Waals surface area contributed by atoms with Crippen LogP contribution in [-0.2, 0) is 10.9 Å². The van der Waals surface area contributed by atoms with E-state index in [-0.39, 0.29) is 22.9 Å². The van der Waals surface area contributed by atoms with Gasteiger partial charge >= 0.3 is 6.18 Å². The highest BCUT2D eigenvalue weighted by atomic mass is 19.4. The number of ether oxygens (including phenoxy) is 1. The average Bonchev–Trinajstić information content (AvgIpc) is 3.28. The Labute approximate surface area is 199 Å². The van der Waals surface area contributed by atoms with Gasteiger partial charge in [-0.15, -0.1) is 0 Å². The first kappa shape index (κ1) is 23.4.